The van der Waals surface area contributed by atoms with E-state index in [9.17, 15) is 19.2 Å². The molecule has 1 aliphatic heterocycles. The van der Waals surface area contributed by atoms with Gasteiger partial charge in [-0.25, -0.2) is 4.79 Å². The fraction of sp³-hybridized carbons (Fsp3) is 0.263. The molecule has 1 aromatic heterocycles. The number of carbonyl (C=O) groups is 4. The molecular weight excluding hydrogens is 380 g/mol. The van der Waals surface area contributed by atoms with E-state index in [2.05, 4.69) is 10.6 Å². The Labute approximate surface area is 165 Å². The first kappa shape index (κ1) is 19.6. The summed E-state index contributed by atoms with van der Waals surface area (Å²) >= 11 is 1.13. The van der Waals surface area contributed by atoms with Gasteiger partial charge < -0.3 is 16.4 Å². The largest absolute Gasteiger partial charge is 0.366 e. The number of hydrogen-bond donors (Lipinski definition) is 3. The van der Waals surface area contributed by atoms with Crippen LogP contribution in [0.25, 0.3) is 0 Å². The second-order valence-electron chi connectivity index (χ2n) is 6.42. The number of nitrogens with zero attached hydrogens (tertiary/aromatic N) is 1. The number of carbonyl (C=O) groups excluding carboxylic acids is 4. The van der Waals surface area contributed by atoms with Crippen LogP contribution in [0.4, 0.5) is 9.80 Å². The van der Waals surface area contributed by atoms with Crippen LogP contribution in [0.5, 0.6) is 0 Å². The Kier molecular flexibility index (Phi) is 5.46. The summed E-state index contributed by atoms with van der Waals surface area (Å²) in [7, 11) is 0. The van der Waals surface area contributed by atoms with Crippen molar-refractivity contribution in [3.63, 3.8) is 0 Å². The summed E-state index contributed by atoms with van der Waals surface area (Å²) in [5.41, 5.74) is 4.93. The molecule has 0 saturated carbocycles. The molecule has 1 unspecified atom stereocenters. The first-order valence-corrected chi connectivity index (χ1v) is 9.63. The Morgan fingerprint density at radius 2 is 1.93 bits per heavy atom. The number of nitrogens with one attached hydrogen (secondary N) is 2. The predicted octanol–water partition coefficient (Wildman–Crippen LogP) is 2.03. The van der Waals surface area contributed by atoms with Crippen LogP contribution >= 0.6 is 11.3 Å². The summed E-state index contributed by atoms with van der Waals surface area (Å²) in [6.45, 7) is 1.46. The fourth-order valence-electron chi connectivity index (χ4n) is 3.29. The highest BCUT2D eigenvalue weighted by atomic mass is 32.1. The summed E-state index contributed by atoms with van der Waals surface area (Å²) in [5, 5.41) is 7.21. The van der Waals surface area contributed by atoms with Crippen LogP contribution in [0, 0.1) is 0 Å². The first-order chi connectivity index (χ1) is 13.4. The number of urea groups is 1. The van der Waals surface area contributed by atoms with Crippen LogP contribution in [0.3, 0.4) is 0 Å². The number of primary amides is 1. The lowest BCUT2D eigenvalue weighted by Gasteiger charge is -2.26. The molecule has 1 aromatic carbocycles. The number of rotatable bonds is 7. The monoisotopic (exact) mass is 400 g/mol. The van der Waals surface area contributed by atoms with Crippen molar-refractivity contribution in [3.05, 3.63) is 52.9 Å². The minimum absolute atomic E-state index is 0.181. The van der Waals surface area contributed by atoms with Gasteiger partial charge in [-0.15, -0.1) is 11.3 Å². The maximum absolute atomic E-state index is 13.1. The molecule has 0 spiro atoms. The van der Waals surface area contributed by atoms with Crippen molar-refractivity contribution in [1.29, 1.82) is 0 Å². The molecule has 1 atom stereocenters. The van der Waals surface area contributed by atoms with Crippen molar-refractivity contribution in [3.8, 4) is 0 Å². The van der Waals surface area contributed by atoms with E-state index in [-0.39, 0.29) is 10.6 Å². The number of nitrogens with two attached hydrogens (primary N) is 1. The van der Waals surface area contributed by atoms with Crippen molar-refractivity contribution in [2.75, 3.05) is 11.9 Å². The number of benzene rings is 1. The lowest BCUT2D eigenvalue weighted by molar-refractivity contribution is -0.134. The highest BCUT2D eigenvalue weighted by Gasteiger charge is 2.52. The molecule has 3 rings (SSSR count). The second kappa shape index (κ2) is 7.81. The van der Waals surface area contributed by atoms with Gasteiger partial charge in [0.05, 0.1) is 5.56 Å². The van der Waals surface area contributed by atoms with Gasteiger partial charge in [-0.2, -0.15) is 0 Å². The van der Waals surface area contributed by atoms with Gasteiger partial charge in [-0.1, -0.05) is 43.7 Å². The smallest absolute Gasteiger partial charge is 0.325 e. The highest BCUT2D eigenvalue weighted by molar-refractivity contribution is 7.14. The third-order valence-corrected chi connectivity index (χ3v) is 5.38. The summed E-state index contributed by atoms with van der Waals surface area (Å²) in [6.07, 6.45) is 1.08. The minimum Gasteiger partial charge on any atom is -0.366 e. The van der Waals surface area contributed by atoms with E-state index < -0.39 is 35.8 Å². The molecule has 0 bridgehead atoms. The van der Waals surface area contributed by atoms with Gasteiger partial charge in [0.2, 0.25) is 5.91 Å². The zero-order chi connectivity index (χ0) is 20.3. The van der Waals surface area contributed by atoms with E-state index in [1.807, 2.05) is 13.0 Å². The number of imide groups is 1. The fourth-order valence-corrected chi connectivity index (χ4v) is 4.10. The standard InChI is InChI=1S/C19H20N4O4S/c1-2-9-19(12-6-4-3-5-7-12)17(26)23(18(27)22-19)11-14(24)21-16-13(15(20)25)8-10-28-16/h3-8,10H,2,9,11H2,1H3,(H2,20,25)(H,21,24)(H,22,27). The van der Waals surface area contributed by atoms with E-state index in [0.29, 0.717) is 18.4 Å². The average Bonchev–Trinajstić information content (AvgIpc) is 3.22. The van der Waals surface area contributed by atoms with E-state index in [1.54, 1.807) is 29.6 Å². The molecule has 146 valence electrons. The van der Waals surface area contributed by atoms with Gasteiger partial charge in [0, 0.05) is 0 Å². The SMILES string of the molecule is CCCC1(c2ccccc2)NC(=O)N(CC(=O)Nc2sccc2C(N)=O)C1=O. The van der Waals surface area contributed by atoms with Gasteiger partial charge in [-0.3, -0.25) is 19.3 Å². The van der Waals surface area contributed by atoms with Gasteiger partial charge in [-0.05, 0) is 23.4 Å². The third-order valence-electron chi connectivity index (χ3n) is 4.55. The van der Waals surface area contributed by atoms with E-state index in [0.717, 1.165) is 16.2 Å². The molecule has 2 heterocycles. The molecule has 0 radical (unpaired) electrons. The number of amides is 5. The lowest BCUT2D eigenvalue weighted by Crippen LogP contribution is -2.44. The van der Waals surface area contributed by atoms with Crippen LogP contribution in [0.15, 0.2) is 41.8 Å². The molecule has 2 aromatic rings. The van der Waals surface area contributed by atoms with Gasteiger partial charge >= 0.3 is 6.03 Å². The molecule has 4 N–H and O–H groups in total. The maximum Gasteiger partial charge on any atom is 0.325 e. The summed E-state index contributed by atoms with van der Waals surface area (Å²) < 4.78 is 0. The number of hydrogen-bond acceptors (Lipinski definition) is 5. The summed E-state index contributed by atoms with van der Waals surface area (Å²) in [4.78, 5) is 50.3. The molecule has 8 nitrogen and oxygen atoms in total. The molecular formula is C19H20N4O4S. The van der Waals surface area contributed by atoms with Crippen molar-refractivity contribution in [2.45, 2.75) is 25.3 Å². The van der Waals surface area contributed by atoms with Crippen LogP contribution in [-0.4, -0.2) is 35.2 Å². The normalized spacial score (nSPS) is 18.8. The van der Waals surface area contributed by atoms with E-state index >= 15 is 0 Å². The first-order valence-electron chi connectivity index (χ1n) is 8.76. The second-order valence-corrected chi connectivity index (χ2v) is 7.33. The molecule has 28 heavy (non-hydrogen) atoms. The number of anilines is 1. The Morgan fingerprint density at radius 1 is 1.21 bits per heavy atom. The average molecular weight is 400 g/mol. The van der Waals surface area contributed by atoms with Crippen molar-refractivity contribution in [1.82, 2.24) is 10.2 Å². The Bertz CT molecular complexity index is 927. The van der Waals surface area contributed by atoms with Gasteiger partial charge in [0.25, 0.3) is 11.8 Å². The predicted molar refractivity (Wildman–Crippen MR) is 105 cm³/mol. The lowest BCUT2D eigenvalue weighted by atomic mass is 9.85. The zero-order valence-corrected chi connectivity index (χ0v) is 16.0. The van der Waals surface area contributed by atoms with Crippen LogP contribution in [-0.2, 0) is 15.1 Å². The quantitative estimate of drug-likeness (QED) is 0.616. The molecule has 1 aliphatic rings. The van der Waals surface area contributed by atoms with Crippen LogP contribution in [0.2, 0.25) is 0 Å². The highest BCUT2D eigenvalue weighted by Crippen LogP contribution is 2.33. The summed E-state index contributed by atoms with van der Waals surface area (Å²) in [6, 6.07) is 9.85. The molecule has 1 saturated heterocycles. The molecule has 9 heteroatoms. The van der Waals surface area contributed by atoms with E-state index in [1.165, 1.54) is 6.07 Å². The number of thiophene rings is 1. The topological polar surface area (TPSA) is 122 Å². The molecule has 5 amide bonds. The van der Waals surface area contributed by atoms with Crippen LogP contribution < -0.4 is 16.4 Å². The zero-order valence-electron chi connectivity index (χ0n) is 15.2. The maximum atomic E-state index is 13.1. The third kappa shape index (κ3) is 3.48. The minimum atomic E-state index is -1.19. The summed E-state index contributed by atoms with van der Waals surface area (Å²) in [5.74, 6) is -1.73. The van der Waals surface area contributed by atoms with Crippen LogP contribution in [0.1, 0.15) is 35.7 Å². The van der Waals surface area contributed by atoms with Gasteiger partial charge in [0.1, 0.15) is 17.1 Å². The Morgan fingerprint density at radius 3 is 2.57 bits per heavy atom. The van der Waals surface area contributed by atoms with Crippen molar-refractivity contribution < 1.29 is 19.2 Å². The van der Waals surface area contributed by atoms with E-state index in [4.69, 9.17) is 5.73 Å². The molecule has 0 aliphatic carbocycles. The van der Waals surface area contributed by atoms with Crippen molar-refractivity contribution in [2.24, 2.45) is 5.73 Å². The Hall–Kier alpha value is -3.20. The Balaban J connectivity index is 1.80. The molecule has 1 fully saturated rings. The van der Waals surface area contributed by atoms with Gasteiger partial charge in [0.15, 0.2) is 0 Å². The van der Waals surface area contributed by atoms with Crippen molar-refractivity contribution >= 4 is 40.1 Å².